The van der Waals surface area contributed by atoms with Crippen molar-refractivity contribution in [3.63, 3.8) is 0 Å². The third-order valence-electron chi connectivity index (χ3n) is 5.75. The first-order chi connectivity index (χ1) is 15.0. The molecule has 0 radical (unpaired) electrons. The number of methoxy groups -OCH3 is 1. The third-order valence-corrected chi connectivity index (χ3v) is 12.9. The van der Waals surface area contributed by atoms with Crippen LogP contribution in [0.4, 0.5) is 0 Å². The van der Waals surface area contributed by atoms with E-state index < -0.39 is 13.3 Å². The molecule has 0 aliphatic carbocycles. The second kappa shape index (κ2) is 11.4. The average molecular weight is 479 g/mol. The van der Waals surface area contributed by atoms with Crippen LogP contribution in [0.5, 0.6) is 11.5 Å². The van der Waals surface area contributed by atoms with Crippen molar-refractivity contribution in [2.24, 2.45) is 0 Å². The summed E-state index contributed by atoms with van der Waals surface area (Å²) in [5.74, 6) is 6.82. The number of ether oxygens (including phenoxy) is 3. The first-order valence-electron chi connectivity index (χ1n) is 11.1. The quantitative estimate of drug-likeness (QED) is 0.252. The summed E-state index contributed by atoms with van der Waals surface area (Å²) in [7, 11) is 1.70. The number of benzene rings is 3. The van der Waals surface area contributed by atoms with Crippen molar-refractivity contribution in [2.45, 2.75) is 30.1 Å². The van der Waals surface area contributed by atoms with Gasteiger partial charge in [0.1, 0.15) is 0 Å². The Morgan fingerprint density at radius 3 is 1.87 bits per heavy atom. The SMILES string of the molecule is CCOCCOc1ccc(C[CH2][Ge]([CH3])([CH3])[c]2ccc(-c3ccc(OC)cc3)cc2)cc1. The fourth-order valence-electron chi connectivity index (χ4n) is 3.61. The summed E-state index contributed by atoms with van der Waals surface area (Å²) >= 11 is -2.08. The van der Waals surface area contributed by atoms with E-state index in [1.165, 1.54) is 21.9 Å². The molecule has 4 heteroatoms. The van der Waals surface area contributed by atoms with E-state index in [4.69, 9.17) is 14.2 Å². The topological polar surface area (TPSA) is 27.7 Å². The van der Waals surface area contributed by atoms with E-state index >= 15 is 0 Å². The summed E-state index contributed by atoms with van der Waals surface area (Å²) < 4.78 is 17.8. The second-order valence-electron chi connectivity index (χ2n) is 8.38. The van der Waals surface area contributed by atoms with Crippen LogP contribution < -0.4 is 13.9 Å². The molecule has 0 aromatic heterocycles. The van der Waals surface area contributed by atoms with Gasteiger partial charge < -0.3 is 0 Å². The van der Waals surface area contributed by atoms with E-state index in [-0.39, 0.29) is 0 Å². The van der Waals surface area contributed by atoms with Crippen LogP contribution in [-0.4, -0.2) is 40.2 Å². The van der Waals surface area contributed by atoms with Gasteiger partial charge in [-0.05, 0) is 0 Å². The van der Waals surface area contributed by atoms with Gasteiger partial charge in [0.05, 0.1) is 0 Å². The molecule has 0 bridgehead atoms. The Balaban J connectivity index is 1.56. The first-order valence-corrected chi connectivity index (χ1v) is 17.8. The van der Waals surface area contributed by atoms with Crippen LogP contribution in [0.25, 0.3) is 11.1 Å². The number of hydrogen-bond donors (Lipinski definition) is 0. The van der Waals surface area contributed by atoms with E-state index in [0.29, 0.717) is 13.2 Å². The molecule has 0 spiro atoms. The van der Waals surface area contributed by atoms with Gasteiger partial charge in [0.25, 0.3) is 0 Å². The van der Waals surface area contributed by atoms with E-state index in [9.17, 15) is 0 Å². The Morgan fingerprint density at radius 1 is 0.710 bits per heavy atom. The molecule has 0 fully saturated rings. The molecule has 0 unspecified atom stereocenters. The van der Waals surface area contributed by atoms with Gasteiger partial charge in [-0.15, -0.1) is 0 Å². The average Bonchev–Trinajstić information content (AvgIpc) is 2.81. The zero-order chi connectivity index (χ0) is 22.1. The van der Waals surface area contributed by atoms with Crippen LogP contribution in [-0.2, 0) is 11.2 Å². The molecule has 3 rings (SSSR count). The summed E-state index contributed by atoms with van der Waals surface area (Å²) in [6.07, 6.45) is 1.12. The molecule has 3 aromatic rings. The molecule has 0 aliphatic heterocycles. The van der Waals surface area contributed by atoms with Crippen LogP contribution in [0.15, 0.2) is 72.8 Å². The molecule has 0 atom stereocenters. The van der Waals surface area contributed by atoms with Crippen molar-refractivity contribution in [2.75, 3.05) is 26.9 Å². The fraction of sp³-hybridized carbons (Fsp3) is 0.333. The van der Waals surface area contributed by atoms with Crippen LogP contribution in [0.2, 0.25) is 16.8 Å². The third kappa shape index (κ3) is 6.88. The molecule has 0 saturated heterocycles. The summed E-state index contributed by atoms with van der Waals surface area (Å²) in [5, 5.41) is 1.27. The van der Waals surface area contributed by atoms with Crippen LogP contribution in [0.1, 0.15) is 12.5 Å². The Bertz CT molecular complexity index is 916. The predicted molar refractivity (Wildman–Crippen MR) is 132 cm³/mol. The van der Waals surface area contributed by atoms with Crippen LogP contribution in [0.3, 0.4) is 0 Å². The molecule has 0 heterocycles. The first kappa shape index (κ1) is 23.4. The molecule has 0 N–H and O–H groups in total. The summed E-state index contributed by atoms with van der Waals surface area (Å²) in [4.78, 5) is 0. The van der Waals surface area contributed by atoms with Gasteiger partial charge in [-0.1, -0.05) is 0 Å². The number of hydrogen-bond acceptors (Lipinski definition) is 3. The minimum absolute atomic E-state index is 0.599. The van der Waals surface area contributed by atoms with Gasteiger partial charge in [-0.3, -0.25) is 0 Å². The molecule has 0 saturated carbocycles. The van der Waals surface area contributed by atoms with Gasteiger partial charge in [0.2, 0.25) is 0 Å². The van der Waals surface area contributed by atoms with E-state index in [1.807, 2.05) is 19.1 Å². The zero-order valence-corrected chi connectivity index (χ0v) is 21.3. The Hall–Kier alpha value is -2.24. The van der Waals surface area contributed by atoms with Crippen molar-refractivity contribution >= 4 is 17.7 Å². The maximum atomic E-state index is 5.72. The van der Waals surface area contributed by atoms with Crippen molar-refractivity contribution in [1.29, 1.82) is 0 Å². The summed E-state index contributed by atoms with van der Waals surface area (Å²) in [6, 6.07) is 26.0. The minimum atomic E-state index is -2.08. The monoisotopic (exact) mass is 480 g/mol. The Labute approximate surface area is 189 Å². The van der Waals surface area contributed by atoms with Crippen LogP contribution >= 0.6 is 0 Å². The van der Waals surface area contributed by atoms with E-state index in [2.05, 4.69) is 72.2 Å². The number of rotatable bonds is 11. The molecular formula is C27H34GeO3. The molecule has 164 valence electrons. The van der Waals surface area contributed by atoms with Crippen molar-refractivity contribution in [3.8, 4) is 22.6 Å². The summed E-state index contributed by atoms with van der Waals surface area (Å²) in [6.45, 7) is 3.96. The standard InChI is InChI=1S/C27H34GeO3/c1-5-30-20-21-31-27-14-6-22(7-15-27)18-19-28(2,3)25-12-8-23(9-13-25)24-10-16-26(29-4)17-11-24/h6-17H,5,18-21H2,1-4H3. The predicted octanol–water partition coefficient (Wildman–Crippen LogP) is 5.94. The Kier molecular flexibility index (Phi) is 8.62. The van der Waals surface area contributed by atoms with Gasteiger partial charge in [-0.25, -0.2) is 0 Å². The summed E-state index contributed by atoms with van der Waals surface area (Å²) in [5.41, 5.74) is 3.86. The fourth-order valence-corrected chi connectivity index (χ4v) is 8.38. The molecule has 3 aromatic carbocycles. The zero-order valence-electron chi connectivity index (χ0n) is 19.2. The van der Waals surface area contributed by atoms with Gasteiger partial charge >= 0.3 is 190 Å². The van der Waals surface area contributed by atoms with Crippen molar-refractivity contribution < 1.29 is 14.2 Å². The molecule has 0 aliphatic rings. The second-order valence-corrected chi connectivity index (χ2v) is 18.5. The van der Waals surface area contributed by atoms with Gasteiger partial charge in [-0.2, -0.15) is 0 Å². The van der Waals surface area contributed by atoms with E-state index in [0.717, 1.165) is 24.5 Å². The molecule has 0 amide bonds. The normalized spacial score (nSPS) is 11.4. The molecular weight excluding hydrogens is 445 g/mol. The van der Waals surface area contributed by atoms with Gasteiger partial charge in [0, 0.05) is 0 Å². The molecule has 3 nitrogen and oxygen atoms in total. The number of aryl methyl sites for hydroxylation is 1. The van der Waals surface area contributed by atoms with Crippen LogP contribution in [0, 0.1) is 0 Å². The maximum absolute atomic E-state index is 5.72. The van der Waals surface area contributed by atoms with E-state index in [1.54, 1.807) is 11.5 Å². The molecule has 31 heavy (non-hydrogen) atoms. The van der Waals surface area contributed by atoms with Crippen molar-refractivity contribution in [1.82, 2.24) is 0 Å². The Morgan fingerprint density at radius 2 is 1.29 bits per heavy atom. The van der Waals surface area contributed by atoms with Gasteiger partial charge in [0.15, 0.2) is 0 Å². The van der Waals surface area contributed by atoms with Crippen molar-refractivity contribution in [3.05, 3.63) is 78.4 Å².